The van der Waals surface area contributed by atoms with E-state index in [1.54, 1.807) is 12.1 Å². The molecule has 0 atom stereocenters. The van der Waals surface area contributed by atoms with Gasteiger partial charge in [0.15, 0.2) is 0 Å². The fraction of sp³-hybridized carbons (Fsp3) is 0.533. The van der Waals surface area contributed by atoms with Crippen LogP contribution in [-0.4, -0.2) is 47.3 Å². The molecule has 0 aliphatic carbocycles. The molecule has 0 saturated carbocycles. The lowest BCUT2D eigenvalue weighted by Gasteiger charge is -2.31. The van der Waals surface area contributed by atoms with Crippen molar-refractivity contribution in [2.75, 3.05) is 26.2 Å². The Kier molecular flexibility index (Phi) is 6.16. The van der Waals surface area contributed by atoms with E-state index < -0.39 is 5.09 Å². The standard InChI is InChI=1S/C15H20N2O6/c18-13-1-3-14(4-2-13)23-15(19)11-12-5-7-16(8-6-12)9-10-22-17(20)21/h1-4,12,18H,5-11H2. The van der Waals surface area contributed by atoms with Gasteiger partial charge in [-0.1, -0.05) is 0 Å². The first kappa shape index (κ1) is 17.0. The fourth-order valence-electron chi connectivity index (χ4n) is 2.58. The normalized spacial score (nSPS) is 16.0. The van der Waals surface area contributed by atoms with Crippen LogP contribution < -0.4 is 4.74 Å². The number of phenolic OH excluding ortho intramolecular Hbond substituents is 1. The van der Waals surface area contributed by atoms with Crippen molar-refractivity contribution >= 4 is 5.97 Å². The van der Waals surface area contributed by atoms with Gasteiger partial charge >= 0.3 is 5.97 Å². The SMILES string of the molecule is O=C(CC1CCN(CCO[N+](=O)[O-])CC1)Oc1ccc(O)cc1. The quantitative estimate of drug-likeness (QED) is 0.352. The fourth-order valence-corrected chi connectivity index (χ4v) is 2.58. The van der Waals surface area contributed by atoms with Gasteiger partial charge in [0.2, 0.25) is 0 Å². The molecule has 0 aromatic heterocycles. The van der Waals surface area contributed by atoms with Crippen LogP contribution >= 0.6 is 0 Å². The first-order valence-electron chi connectivity index (χ1n) is 7.52. The Morgan fingerprint density at radius 1 is 1.30 bits per heavy atom. The molecule has 1 aliphatic rings. The Bertz CT molecular complexity index is 525. The highest BCUT2D eigenvalue weighted by Gasteiger charge is 2.22. The van der Waals surface area contributed by atoms with Crippen molar-refractivity contribution < 1.29 is 24.6 Å². The van der Waals surface area contributed by atoms with Crippen LogP contribution in [-0.2, 0) is 9.63 Å². The lowest BCUT2D eigenvalue weighted by Crippen LogP contribution is -2.37. The van der Waals surface area contributed by atoms with Crippen LogP contribution in [0.25, 0.3) is 0 Å². The number of esters is 1. The molecule has 0 unspecified atom stereocenters. The zero-order chi connectivity index (χ0) is 16.7. The molecule has 0 amide bonds. The van der Waals surface area contributed by atoms with Gasteiger partial charge in [-0.2, -0.15) is 0 Å². The molecule has 8 heteroatoms. The van der Waals surface area contributed by atoms with Gasteiger partial charge in [0.1, 0.15) is 18.1 Å². The van der Waals surface area contributed by atoms with Gasteiger partial charge in [0.25, 0.3) is 5.09 Å². The summed E-state index contributed by atoms with van der Waals surface area (Å²) in [5.41, 5.74) is 0. The molecule has 1 fully saturated rings. The second-order valence-electron chi connectivity index (χ2n) is 5.51. The molecule has 1 aromatic carbocycles. The number of rotatable bonds is 7. The van der Waals surface area contributed by atoms with Gasteiger partial charge in [-0.25, -0.2) is 0 Å². The lowest BCUT2D eigenvalue weighted by atomic mass is 9.93. The Morgan fingerprint density at radius 2 is 1.96 bits per heavy atom. The van der Waals surface area contributed by atoms with Crippen molar-refractivity contribution in [1.82, 2.24) is 4.90 Å². The van der Waals surface area contributed by atoms with Crippen LogP contribution in [0.2, 0.25) is 0 Å². The Hall–Kier alpha value is -2.35. The van der Waals surface area contributed by atoms with Crippen LogP contribution in [0.15, 0.2) is 24.3 Å². The molecule has 0 bridgehead atoms. The van der Waals surface area contributed by atoms with Gasteiger partial charge < -0.3 is 19.6 Å². The van der Waals surface area contributed by atoms with Crippen molar-refractivity contribution in [3.63, 3.8) is 0 Å². The van der Waals surface area contributed by atoms with Crippen molar-refractivity contribution in [2.45, 2.75) is 19.3 Å². The summed E-state index contributed by atoms with van der Waals surface area (Å²) in [6.07, 6.45) is 2.05. The summed E-state index contributed by atoms with van der Waals surface area (Å²) in [5.74, 6) is 0.513. The van der Waals surface area contributed by atoms with E-state index in [1.165, 1.54) is 12.1 Å². The molecule has 8 nitrogen and oxygen atoms in total. The first-order valence-corrected chi connectivity index (χ1v) is 7.52. The smallest absolute Gasteiger partial charge is 0.311 e. The molecule has 1 saturated heterocycles. The van der Waals surface area contributed by atoms with E-state index in [1.807, 2.05) is 0 Å². The number of aromatic hydroxyl groups is 1. The number of piperidine rings is 1. The van der Waals surface area contributed by atoms with Gasteiger partial charge in [-0.3, -0.25) is 4.79 Å². The number of ether oxygens (including phenoxy) is 1. The topological polar surface area (TPSA) is 102 Å². The first-order chi connectivity index (χ1) is 11.0. The van der Waals surface area contributed by atoms with Crippen LogP contribution in [0.4, 0.5) is 0 Å². The van der Waals surface area contributed by atoms with Gasteiger partial charge in [-0.05, 0) is 56.1 Å². The monoisotopic (exact) mass is 324 g/mol. The van der Waals surface area contributed by atoms with E-state index in [4.69, 9.17) is 4.74 Å². The van der Waals surface area contributed by atoms with Crippen LogP contribution in [0.5, 0.6) is 11.5 Å². The molecule has 1 aromatic rings. The Labute approximate surface area is 133 Å². The summed E-state index contributed by atoms with van der Waals surface area (Å²) in [7, 11) is 0. The highest BCUT2D eigenvalue weighted by Crippen LogP contribution is 2.22. The number of likely N-dealkylation sites (tertiary alicyclic amines) is 1. The van der Waals surface area contributed by atoms with Crippen LogP contribution in [0, 0.1) is 16.0 Å². The van der Waals surface area contributed by atoms with E-state index >= 15 is 0 Å². The molecule has 2 rings (SSSR count). The zero-order valence-electron chi connectivity index (χ0n) is 12.7. The number of phenols is 1. The number of carbonyl (C=O) groups excluding carboxylic acids is 1. The molecular formula is C15H20N2O6. The summed E-state index contributed by atoms with van der Waals surface area (Å²) >= 11 is 0. The third kappa shape index (κ3) is 6.11. The molecular weight excluding hydrogens is 304 g/mol. The minimum Gasteiger partial charge on any atom is -0.508 e. The number of benzene rings is 1. The summed E-state index contributed by atoms with van der Waals surface area (Å²) in [4.78, 5) is 28.4. The third-order valence-corrected chi connectivity index (χ3v) is 3.84. The predicted molar refractivity (Wildman–Crippen MR) is 80.5 cm³/mol. The maximum absolute atomic E-state index is 11.9. The minimum atomic E-state index is -0.786. The molecule has 1 N–H and O–H groups in total. The van der Waals surface area contributed by atoms with Gasteiger partial charge in [0, 0.05) is 13.0 Å². The highest BCUT2D eigenvalue weighted by molar-refractivity contribution is 5.72. The minimum absolute atomic E-state index is 0.0700. The number of hydrogen-bond acceptors (Lipinski definition) is 7. The van der Waals surface area contributed by atoms with Gasteiger partial charge in [0.05, 0.1) is 0 Å². The zero-order valence-corrected chi connectivity index (χ0v) is 12.7. The lowest BCUT2D eigenvalue weighted by molar-refractivity contribution is -0.757. The largest absolute Gasteiger partial charge is 0.508 e. The van der Waals surface area contributed by atoms with Crippen molar-refractivity contribution in [3.8, 4) is 11.5 Å². The van der Waals surface area contributed by atoms with E-state index in [0.717, 1.165) is 25.9 Å². The maximum Gasteiger partial charge on any atom is 0.311 e. The second-order valence-corrected chi connectivity index (χ2v) is 5.51. The Balaban J connectivity index is 1.66. The van der Waals surface area contributed by atoms with Gasteiger partial charge in [-0.15, -0.1) is 10.1 Å². The Morgan fingerprint density at radius 3 is 2.57 bits per heavy atom. The van der Waals surface area contributed by atoms with E-state index in [-0.39, 0.29) is 24.2 Å². The summed E-state index contributed by atoms with van der Waals surface area (Å²) < 4.78 is 5.23. The van der Waals surface area contributed by atoms with Crippen molar-refractivity contribution in [3.05, 3.63) is 34.4 Å². The molecule has 0 radical (unpaired) electrons. The number of carbonyl (C=O) groups is 1. The molecule has 23 heavy (non-hydrogen) atoms. The average Bonchev–Trinajstić information content (AvgIpc) is 2.51. The third-order valence-electron chi connectivity index (χ3n) is 3.84. The maximum atomic E-state index is 11.9. The molecule has 126 valence electrons. The second kappa shape index (κ2) is 8.33. The predicted octanol–water partition coefficient (Wildman–Crippen LogP) is 1.61. The summed E-state index contributed by atoms with van der Waals surface area (Å²) in [6.45, 7) is 2.17. The molecule has 0 spiro atoms. The summed E-state index contributed by atoms with van der Waals surface area (Å²) in [6, 6.07) is 6.03. The van der Waals surface area contributed by atoms with Crippen LogP contribution in [0.1, 0.15) is 19.3 Å². The van der Waals surface area contributed by atoms with E-state index in [0.29, 0.717) is 18.7 Å². The van der Waals surface area contributed by atoms with E-state index in [2.05, 4.69) is 9.74 Å². The molecule has 1 heterocycles. The van der Waals surface area contributed by atoms with Crippen molar-refractivity contribution in [1.29, 1.82) is 0 Å². The number of nitrogens with zero attached hydrogens (tertiary/aromatic N) is 2. The average molecular weight is 324 g/mol. The van der Waals surface area contributed by atoms with Crippen molar-refractivity contribution in [2.24, 2.45) is 5.92 Å². The summed E-state index contributed by atoms with van der Waals surface area (Å²) in [5, 5.41) is 18.5. The highest BCUT2D eigenvalue weighted by atomic mass is 16.9. The van der Waals surface area contributed by atoms with E-state index in [9.17, 15) is 20.0 Å². The van der Waals surface area contributed by atoms with Crippen LogP contribution in [0.3, 0.4) is 0 Å². The molecule has 1 aliphatic heterocycles. The number of hydrogen-bond donors (Lipinski definition) is 1.